The normalized spacial score (nSPS) is 14.8. The van der Waals surface area contributed by atoms with Crippen LogP contribution in [0.1, 0.15) is 38.3 Å². The van der Waals surface area contributed by atoms with Gasteiger partial charge in [-0.15, -0.1) is 0 Å². The van der Waals surface area contributed by atoms with E-state index in [9.17, 15) is 4.79 Å². The molecule has 3 aromatic carbocycles. The molecule has 2 aromatic heterocycles. The summed E-state index contributed by atoms with van der Waals surface area (Å²) >= 11 is 0. The van der Waals surface area contributed by atoms with E-state index < -0.39 is 5.60 Å². The first-order valence-corrected chi connectivity index (χ1v) is 15.8. The van der Waals surface area contributed by atoms with Crippen LogP contribution in [0.3, 0.4) is 0 Å². The molecular formula is C37H41N5O4. The minimum atomic E-state index is -0.502. The fraction of sp³-hybridized carbons (Fsp3) is 0.324. The van der Waals surface area contributed by atoms with Gasteiger partial charge >= 0.3 is 6.09 Å². The van der Waals surface area contributed by atoms with Crippen molar-refractivity contribution in [2.75, 3.05) is 25.0 Å². The Morgan fingerprint density at radius 3 is 2.28 bits per heavy atom. The number of carbonyl (C=O) groups is 1. The summed E-state index contributed by atoms with van der Waals surface area (Å²) < 4.78 is 19.9. The molecule has 1 aliphatic heterocycles. The number of aryl methyl sites for hydroxylation is 1. The summed E-state index contributed by atoms with van der Waals surface area (Å²) in [5.41, 5.74) is 5.14. The zero-order valence-electron chi connectivity index (χ0n) is 26.9. The Labute approximate surface area is 270 Å². The molecule has 1 aliphatic rings. The molecule has 1 saturated heterocycles. The second-order valence-electron chi connectivity index (χ2n) is 12.7. The molecule has 1 N–H and O–H groups in total. The number of ether oxygens (including phenoxy) is 3. The van der Waals surface area contributed by atoms with E-state index in [4.69, 9.17) is 24.3 Å². The van der Waals surface area contributed by atoms with Crippen LogP contribution in [0.5, 0.6) is 11.8 Å². The molecule has 0 spiro atoms. The van der Waals surface area contributed by atoms with Gasteiger partial charge in [0.05, 0.1) is 16.8 Å². The van der Waals surface area contributed by atoms with Crippen molar-refractivity contribution in [1.29, 1.82) is 0 Å². The topological polar surface area (TPSA) is 90.7 Å². The number of carbonyl (C=O) groups excluding carboxylic acids is 1. The van der Waals surface area contributed by atoms with Crippen LogP contribution < -0.4 is 14.8 Å². The van der Waals surface area contributed by atoms with Crippen molar-refractivity contribution in [2.24, 2.45) is 13.0 Å². The molecule has 1 amide bonds. The Morgan fingerprint density at radius 2 is 1.59 bits per heavy atom. The van der Waals surface area contributed by atoms with E-state index in [0.29, 0.717) is 44.0 Å². The molecule has 46 heavy (non-hydrogen) atoms. The largest absolute Gasteiger partial charge is 0.473 e. The maximum Gasteiger partial charge on any atom is 0.410 e. The Hall–Kier alpha value is -5.05. The van der Waals surface area contributed by atoms with Crippen LogP contribution in [-0.4, -0.2) is 51.0 Å². The molecule has 0 bridgehead atoms. The molecule has 5 aromatic rings. The van der Waals surface area contributed by atoms with Gasteiger partial charge < -0.3 is 24.4 Å². The number of benzene rings is 3. The summed E-state index contributed by atoms with van der Waals surface area (Å²) in [6, 6.07) is 30.1. The average Bonchev–Trinajstić information content (AvgIpc) is 3.67. The van der Waals surface area contributed by atoms with Crippen molar-refractivity contribution in [1.82, 2.24) is 19.7 Å². The number of hydrogen-bond donors (Lipinski definition) is 1. The minimum Gasteiger partial charge on any atom is -0.473 e. The number of nitrogens with zero attached hydrogens (tertiary/aromatic N) is 4. The molecule has 1 atom stereocenters. The number of rotatable bonds is 10. The molecule has 9 heteroatoms. The number of para-hydroxylation sites is 1. The molecule has 3 heterocycles. The van der Waals surface area contributed by atoms with Crippen LogP contribution in [0.25, 0.3) is 22.2 Å². The number of likely N-dealkylation sites (tertiary alicyclic amines) is 1. The standard InChI is InChI=1S/C37H41N5O4/c1-37(2,3)46-36(43)42-21-20-28(23-42)22-38-31-17-11-16-29-33(40-41(4)34(29)31)30-18-19-32(44-24-26-12-7-5-8-13-26)39-35(30)45-25-27-14-9-6-10-15-27/h5-19,28,38H,20-25H2,1-4H3/t28-/m0/s1. The number of hydrogen-bond acceptors (Lipinski definition) is 7. The number of nitrogens with one attached hydrogen (secondary N) is 1. The highest BCUT2D eigenvalue weighted by Gasteiger charge is 2.30. The predicted molar refractivity (Wildman–Crippen MR) is 180 cm³/mol. The molecule has 0 unspecified atom stereocenters. The fourth-order valence-corrected chi connectivity index (χ4v) is 5.68. The first kappa shape index (κ1) is 31.0. The van der Waals surface area contributed by atoms with Crippen LogP contribution in [0, 0.1) is 5.92 Å². The summed E-state index contributed by atoms with van der Waals surface area (Å²) in [5.74, 6) is 1.26. The molecule has 0 aliphatic carbocycles. The highest BCUT2D eigenvalue weighted by Crippen LogP contribution is 2.37. The van der Waals surface area contributed by atoms with Gasteiger partial charge in [0.1, 0.15) is 24.5 Å². The molecule has 9 nitrogen and oxygen atoms in total. The van der Waals surface area contributed by atoms with Gasteiger partial charge in [0.2, 0.25) is 11.8 Å². The van der Waals surface area contributed by atoms with Crippen molar-refractivity contribution in [3.63, 3.8) is 0 Å². The van der Waals surface area contributed by atoms with E-state index in [2.05, 4.69) is 17.4 Å². The van der Waals surface area contributed by atoms with Crippen molar-refractivity contribution in [2.45, 2.75) is 46.0 Å². The highest BCUT2D eigenvalue weighted by molar-refractivity contribution is 6.00. The average molecular weight is 620 g/mol. The highest BCUT2D eigenvalue weighted by atomic mass is 16.6. The van der Waals surface area contributed by atoms with E-state index in [1.54, 1.807) is 4.90 Å². The fourth-order valence-electron chi connectivity index (χ4n) is 5.68. The van der Waals surface area contributed by atoms with Gasteiger partial charge in [-0.05, 0) is 56.4 Å². The molecule has 238 valence electrons. The van der Waals surface area contributed by atoms with Crippen LogP contribution in [0.15, 0.2) is 91.0 Å². The third-order valence-electron chi connectivity index (χ3n) is 7.92. The van der Waals surface area contributed by atoms with Crippen molar-refractivity contribution in [3.8, 4) is 23.0 Å². The van der Waals surface area contributed by atoms with Gasteiger partial charge in [-0.1, -0.05) is 72.8 Å². The van der Waals surface area contributed by atoms with Crippen LogP contribution in [-0.2, 0) is 25.0 Å². The number of anilines is 1. The Balaban J connectivity index is 1.23. The van der Waals surface area contributed by atoms with Gasteiger partial charge in [0.15, 0.2) is 0 Å². The molecule has 6 rings (SSSR count). The van der Waals surface area contributed by atoms with E-state index in [-0.39, 0.29) is 6.09 Å². The Morgan fingerprint density at radius 1 is 0.891 bits per heavy atom. The summed E-state index contributed by atoms with van der Waals surface area (Å²) in [5, 5.41) is 9.58. The maximum atomic E-state index is 12.6. The Bertz CT molecular complexity index is 1780. The SMILES string of the molecule is Cn1nc(-c2ccc(OCc3ccccc3)nc2OCc2ccccc2)c2cccc(NC[C@@H]3CCN(C(=O)OC(C)(C)C)C3)c21. The summed E-state index contributed by atoms with van der Waals surface area (Å²) in [6.07, 6.45) is 0.675. The first-order valence-electron chi connectivity index (χ1n) is 15.8. The van der Waals surface area contributed by atoms with Crippen LogP contribution >= 0.6 is 0 Å². The van der Waals surface area contributed by atoms with Gasteiger partial charge in [-0.25, -0.2) is 4.79 Å². The second kappa shape index (κ2) is 13.5. The summed E-state index contributed by atoms with van der Waals surface area (Å²) in [7, 11) is 1.95. The van der Waals surface area contributed by atoms with Gasteiger partial charge in [-0.2, -0.15) is 10.1 Å². The number of aromatic nitrogens is 3. The zero-order chi connectivity index (χ0) is 32.1. The van der Waals surface area contributed by atoms with Gasteiger partial charge in [0, 0.05) is 38.1 Å². The molecular weight excluding hydrogens is 578 g/mol. The van der Waals surface area contributed by atoms with E-state index >= 15 is 0 Å². The van der Waals surface area contributed by atoms with Crippen molar-refractivity contribution >= 4 is 22.7 Å². The summed E-state index contributed by atoms with van der Waals surface area (Å²) in [4.78, 5) is 19.2. The van der Waals surface area contributed by atoms with Crippen molar-refractivity contribution in [3.05, 3.63) is 102 Å². The smallest absolute Gasteiger partial charge is 0.410 e. The van der Waals surface area contributed by atoms with Gasteiger partial charge in [0.25, 0.3) is 0 Å². The third kappa shape index (κ3) is 7.42. The lowest BCUT2D eigenvalue weighted by Crippen LogP contribution is -2.35. The van der Waals surface area contributed by atoms with E-state index in [0.717, 1.165) is 51.9 Å². The summed E-state index contributed by atoms with van der Waals surface area (Å²) in [6.45, 7) is 8.55. The third-order valence-corrected chi connectivity index (χ3v) is 7.92. The van der Waals surface area contributed by atoms with Crippen LogP contribution in [0.2, 0.25) is 0 Å². The number of fused-ring (bicyclic) bond motifs is 1. The first-order chi connectivity index (χ1) is 22.2. The van der Waals surface area contributed by atoms with Crippen molar-refractivity contribution < 1.29 is 19.0 Å². The molecule has 0 saturated carbocycles. The lowest BCUT2D eigenvalue weighted by Gasteiger charge is -2.24. The zero-order valence-corrected chi connectivity index (χ0v) is 26.9. The minimum absolute atomic E-state index is 0.247. The molecule has 1 fully saturated rings. The second-order valence-corrected chi connectivity index (χ2v) is 12.7. The monoisotopic (exact) mass is 619 g/mol. The number of amides is 1. The predicted octanol–water partition coefficient (Wildman–Crippen LogP) is 7.46. The Kier molecular flexibility index (Phi) is 9.10. The maximum absolute atomic E-state index is 12.6. The van der Waals surface area contributed by atoms with E-state index in [1.165, 1.54) is 0 Å². The van der Waals surface area contributed by atoms with Gasteiger partial charge in [-0.3, -0.25) is 4.68 Å². The van der Waals surface area contributed by atoms with Crippen LogP contribution in [0.4, 0.5) is 10.5 Å². The molecule has 0 radical (unpaired) electrons. The lowest BCUT2D eigenvalue weighted by molar-refractivity contribution is 0.0289. The van der Waals surface area contributed by atoms with E-state index in [1.807, 2.05) is 111 Å². The number of pyridine rings is 1. The quantitative estimate of drug-likeness (QED) is 0.174. The lowest BCUT2D eigenvalue weighted by atomic mass is 10.1.